The van der Waals surface area contributed by atoms with E-state index in [1.54, 1.807) is 4.90 Å². The smallest absolute Gasteiger partial charge is 0.306 e. The van der Waals surface area contributed by atoms with Crippen LogP contribution >= 0.6 is 0 Å². The summed E-state index contributed by atoms with van der Waals surface area (Å²) in [7, 11) is 0. The van der Waals surface area contributed by atoms with Crippen molar-refractivity contribution in [1.29, 1.82) is 0 Å². The zero-order valence-electron chi connectivity index (χ0n) is 7.82. The molecule has 0 aromatic rings. The number of hydrogen-bond donors (Lipinski definition) is 1. The summed E-state index contributed by atoms with van der Waals surface area (Å²) in [6.07, 6.45) is 2.09. The molecule has 4 heteroatoms. The van der Waals surface area contributed by atoms with Crippen molar-refractivity contribution in [3.05, 3.63) is 0 Å². The Balaban J connectivity index is 2.48. The number of rotatable bonds is 1. The zero-order chi connectivity index (χ0) is 9.84. The molecule has 0 aliphatic carbocycles. The van der Waals surface area contributed by atoms with Crippen molar-refractivity contribution in [2.45, 2.75) is 26.2 Å². The van der Waals surface area contributed by atoms with Crippen molar-refractivity contribution in [2.24, 2.45) is 5.92 Å². The van der Waals surface area contributed by atoms with E-state index in [1.165, 1.54) is 6.92 Å². The molecule has 1 unspecified atom stereocenters. The summed E-state index contributed by atoms with van der Waals surface area (Å²) in [4.78, 5) is 23.4. The first-order valence-electron chi connectivity index (χ1n) is 4.59. The Bertz CT molecular complexity index is 193. The first-order chi connectivity index (χ1) is 6.11. The van der Waals surface area contributed by atoms with Crippen LogP contribution in [0.15, 0.2) is 0 Å². The number of carbonyl (C=O) groups excluding carboxylic acids is 1. The molecule has 0 bridgehead atoms. The van der Waals surface area contributed by atoms with Crippen molar-refractivity contribution in [3.63, 3.8) is 0 Å². The van der Waals surface area contributed by atoms with Gasteiger partial charge in [0.25, 0.3) is 0 Å². The Kier molecular flexibility index (Phi) is 3.28. The van der Waals surface area contributed by atoms with Gasteiger partial charge in [0.05, 0.1) is 5.92 Å². The molecule has 1 saturated heterocycles. The average molecular weight is 185 g/mol. The van der Waals surface area contributed by atoms with Crippen LogP contribution in [0.2, 0.25) is 0 Å². The van der Waals surface area contributed by atoms with E-state index in [4.69, 9.17) is 5.11 Å². The van der Waals surface area contributed by atoms with Crippen molar-refractivity contribution in [1.82, 2.24) is 4.90 Å². The van der Waals surface area contributed by atoms with Gasteiger partial charge < -0.3 is 10.0 Å². The first kappa shape index (κ1) is 10.0. The van der Waals surface area contributed by atoms with Crippen molar-refractivity contribution in [2.75, 3.05) is 13.1 Å². The number of nitrogens with zero attached hydrogens (tertiary/aromatic N) is 1. The standard InChI is InChI=1S/C9H15NO3/c1-7(11)10-5-2-3-8(4-6-10)9(12)13/h8H,2-6H2,1H3,(H,12,13). The van der Waals surface area contributed by atoms with Crippen LogP contribution in [0.3, 0.4) is 0 Å². The minimum Gasteiger partial charge on any atom is -0.481 e. The minimum absolute atomic E-state index is 0.0473. The second-order valence-electron chi connectivity index (χ2n) is 3.47. The maximum atomic E-state index is 11.0. The Morgan fingerprint density at radius 1 is 1.31 bits per heavy atom. The monoisotopic (exact) mass is 185 g/mol. The summed E-state index contributed by atoms with van der Waals surface area (Å²) in [5.41, 5.74) is 0. The van der Waals surface area contributed by atoms with Gasteiger partial charge in [-0.1, -0.05) is 0 Å². The van der Waals surface area contributed by atoms with Crippen LogP contribution in [-0.4, -0.2) is 35.0 Å². The van der Waals surface area contributed by atoms with Gasteiger partial charge in [-0.15, -0.1) is 0 Å². The fourth-order valence-corrected chi connectivity index (χ4v) is 1.66. The predicted octanol–water partition coefficient (Wildman–Crippen LogP) is 0.720. The van der Waals surface area contributed by atoms with Crippen LogP contribution in [0.5, 0.6) is 0 Å². The van der Waals surface area contributed by atoms with E-state index >= 15 is 0 Å². The Morgan fingerprint density at radius 2 is 2.00 bits per heavy atom. The molecule has 0 radical (unpaired) electrons. The van der Waals surface area contributed by atoms with Crippen LogP contribution in [0.1, 0.15) is 26.2 Å². The van der Waals surface area contributed by atoms with Crippen LogP contribution in [-0.2, 0) is 9.59 Å². The molecule has 1 amide bonds. The van der Waals surface area contributed by atoms with E-state index in [2.05, 4.69) is 0 Å². The molecular weight excluding hydrogens is 170 g/mol. The predicted molar refractivity (Wildman–Crippen MR) is 47.2 cm³/mol. The fourth-order valence-electron chi connectivity index (χ4n) is 1.66. The number of carboxylic acids is 1. The highest BCUT2D eigenvalue weighted by Gasteiger charge is 2.22. The Labute approximate surface area is 77.5 Å². The maximum Gasteiger partial charge on any atom is 0.306 e. The molecule has 0 aromatic heterocycles. The molecule has 1 aliphatic heterocycles. The second-order valence-corrected chi connectivity index (χ2v) is 3.47. The number of carbonyl (C=O) groups is 2. The lowest BCUT2D eigenvalue weighted by molar-refractivity contribution is -0.142. The number of carboxylic acid groups (broad SMARTS) is 1. The Morgan fingerprint density at radius 3 is 2.54 bits per heavy atom. The van der Waals surface area contributed by atoms with Crippen LogP contribution in [0.4, 0.5) is 0 Å². The lowest BCUT2D eigenvalue weighted by atomic mass is 10.0. The quantitative estimate of drug-likeness (QED) is 0.654. The lowest BCUT2D eigenvalue weighted by Crippen LogP contribution is -2.29. The van der Waals surface area contributed by atoms with Crippen molar-refractivity contribution < 1.29 is 14.7 Å². The maximum absolute atomic E-state index is 11.0. The van der Waals surface area contributed by atoms with Gasteiger partial charge in [0.1, 0.15) is 0 Å². The first-order valence-corrected chi connectivity index (χ1v) is 4.59. The molecule has 1 aliphatic rings. The summed E-state index contributed by atoms with van der Waals surface area (Å²) < 4.78 is 0. The summed E-state index contributed by atoms with van der Waals surface area (Å²) >= 11 is 0. The molecule has 0 spiro atoms. The van der Waals surface area contributed by atoms with Crippen LogP contribution < -0.4 is 0 Å². The summed E-state index contributed by atoms with van der Waals surface area (Å²) in [6, 6.07) is 0. The van der Waals surface area contributed by atoms with Gasteiger partial charge in [0.15, 0.2) is 0 Å². The van der Waals surface area contributed by atoms with Crippen LogP contribution in [0.25, 0.3) is 0 Å². The van der Waals surface area contributed by atoms with Crippen molar-refractivity contribution >= 4 is 11.9 Å². The van der Waals surface area contributed by atoms with Crippen LogP contribution in [0, 0.1) is 5.92 Å². The topological polar surface area (TPSA) is 57.6 Å². The number of amides is 1. The molecule has 0 aromatic carbocycles. The fraction of sp³-hybridized carbons (Fsp3) is 0.778. The summed E-state index contributed by atoms with van der Waals surface area (Å²) in [5.74, 6) is -0.944. The molecule has 74 valence electrons. The van der Waals surface area contributed by atoms with E-state index in [-0.39, 0.29) is 11.8 Å². The molecule has 1 fully saturated rings. The SMILES string of the molecule is CC(=O)N1CCCC(C(=O)O)CC1. The van der Waals surface area contributed by atoms with Gasteiger partial charge in [0, 0.05) is 20.0 Å². The molecule has 1 N–H and O–H groups in total. The van der Waals surface area contributed by atoms with E-state index in [1.807, 2.05) is 0 Å². The number of hydrogen-bond acceptors (Lipinski definition) is 2. The van der Waals surface area contributed by atoms with Gasteiger partial charge >= 0.3 is 5.97 Å². The average Bonchev–Trinajstić information content (AvgIpc) is 2.27. The summed E-state index contributed by atoms with van der Waals surface area (Å²) in [5, 5.41) is 8.78. The second kappa shape index (κ2) is 4.25. The molecular formula is C9H15NO3. The van der Waals surface area contributed by atoms with E-state index < -0.39 is 5.97 Å². The van der Waals surface area contributed by atoms with Crippen molar-refractivity contribution in [3.8, 4) is 0 Å². The zero-order valence-corrected chi connectivity index (χ0v) is 7.82. The molecule has 1 heterocycles. The third-order valence-electron chi connectivity index (χ3n) is 2.52. The minimum atomic E-state index is -0.731. The molecule has 1 atom stereocenters. The third kappa shape index (κ3) is 2.72. The molecule has 13 heavy (non-hydrogen) atoms. The normalized spacial score (nSPS) is 23.8. The van der Waals surface area contributed by atoms with Gasteiger partial charge in [-0.05, 0) is 19.3 Å². The van der Waals surface area contributed by atoms with Gasteiger partial charge in [0.2, 0.25) is 5.91 Å². The third-order valence-corrected chi connectivity index (χ3v) is 2.52. The van der Waals surface area contributed by atoms with E-state index in [0.29, 0.717) is 25.9 Å². The number of aliphatic carboxylic acids is 1. The van der Waals surface area contributed by atoms with Gasteiger partial charge in [-0.3, -0.25) is 9.59 Å². The van der Waals surface area contributed by atoms with Gasteiger partial charge in [-0.25, -0.2) is 0 Å². The van der Waals surface area contributed by atoms with E-state index in [0.717, 1.165) is 6.42 Å². The molecule has 4 nitrogen and oxygen atoms in total. The largest absolute Gasteiger partial charge is 0.481 e. The summed E-state index contributed by atoms with van der Waals surface area (Å²) in [6.45, 7) is 2.83. The van der Waals surface area contributed by atoms with Gasteiger partial charge in [-0.2, -0.15) is 0 Å². The highest BCUT2D eigenvalue weighted by Crippen LogP contribution is 2.17. The molecule has 1 rings (SSSR count). The molecule has 0 saturated carbocycles. The number of likely N-dealkylation sites (tertiary alicyclic amines) is 1. The highest BCUT2D eigenvalue weighted by molar-refractivity contribution is 5.73. The lowest BCUT2D eigenvalue weighted by Gasteiger charge is -2.17. The van der Waals surface area contributed by atoms with E-state index in [9.17, 15) is 9.59 Å². The Hall–Kier alpha value is -1.06. The highest BCUT2D eigenvalue weighted by atomic mass is 16.4.